The highest BCUT2D eigenvalue weighted by atomic mass is 19.1. The lowest BCUT2D eigenvalue weighted by Crippen LogP contribution is -2.34. The van der Waals surface area contributed by atoms with Gasteiger partial charge in [-0.25, -0.2) is 4.39 Å². The topological polar surface area (TPSA) is 70.4 Å². The van der Waals surface area contributed by atoms with Gasteiger partial charge in [-0.2, -0.15) is 5.10 Å². The summed E-state index contributed by atoms with van der Waals surface area (Å²) in [6.45, 7) is 2.37. The molecule has 2 atom stereocenters. The van der Waals surface area contributed by atoms with Crippen LogP contribution in [0.25, 0.3) is 0 Å². The number of nitrogens with zero attached hydrogens (tertiary/aromatic N) is 3. The molecule has 0 radical (unpaired) electrons. The van der Waals surface area contributed by atoms with E-state index in [2.05, 4.69) is 10.4 Å². The maximum Gasteiger partial charge on any atom is 0.239 e. The van der Waals surface area contributed by atoms with Crippen LogP contribution in [-0.4, -0.2) is 44.9 Å². The number of halogens is 1. The third-order valence-corrected chi connectivity index (χ3v) is 4.23. The predicted molar refractivity (Wildman–Crippen MR) is 87.9 cm³/mol. The Morgan fingerprint density at radius 3 is 2.92 bits per heavy atom. The Bertz CT molecular complexity index is 746. The molecule has 3 rings (SSSR count). The molecule has 0 saturated carbocycles. The molecule has 1 aromatic heterocycles. The highest BCUT2D eigenvalue weighted by molar-refractivity contribution is 5.91. The van der Waals surface area contributed by atoms with E-state index in [1.165, 1.54) is 12.1 Å². The summed E-state index contributed by atoms with van der Waals surface area (Å²) in [6.07, 6.45) is -0.0355. The highest BCUT2D eigenvalue weighted by Gasteiger charge is 2.33. The van der Waals surface area contributed by atoms with Crippen LogP contribution in [0.15, 0.2) is 30.3 Å². The fraction of sp³-hybridized carbons (Fsp3) is 0.412. The smallest absolute Gasteiger partial charge is 0.239 e. The number of aliphatic hydroxyl groups is 1. The minimum Gasteiger partial charge on any atom is -0.392 e. The fourth-order valence-electron chi connectivity index (χ4n) is 3.21. The van der Waals surface area contributed by atoms with Crippen LogP contribution in [0.3, 0.4) is 0 Å². The molecule has 24 heavy (non-hydrogen) atoms. The maximum absolute atomic E-state index is 13.5. The molecule has 2 N–H and O–H groups in total. The highest BCUT2D eigenvalue weighted by Crippen LogP contribution is 2.32. The summed E-state index contributed by atoms with van der Waals surface area (Å²) in [5.74, 6) is 0.122. The maximum atomic E-state index is 13.5. The number of likely N-dealkylation sites (tertiary alicyclic amines) is 1. The second kappa shape index (κ2) is 6.70. The number of nitrogens with one attached hydrogen (secondary N) is 1. The molecule has 1 aliphatic rings. The number of rotatable bonds is 4. The molecular formula is C17H21FN4O2. The quantitative estimate of drug-likeness (QED) is 0.892. The number of hydrogen-bond acceptors (Lipinski definition) is 4. The van der Waals surface area contributed by atoms with Crippen molar-refractivity contribution in [3.05, 3.63) is 47.4 Å². The van der Waals surface area contributed by atoms with Crippen LogP contribution in [0.2, 0.25) is 0 Å². The zero-order valence-corrected chi connectivity index (χ0v) is 13.7. The molecular weight excluding hydrogens is 311 g/mol. The molecule has 2 unspecified atom stereocenters. The number of amides is 1. The minimum atomic E-state index is -0.523. The first-order valence-electron chi connectivity index (χ1n) is 7.90. The number of aromatic nitrogens is 2. The molecule has 2 aromatic rings. The van der Waals surface area contributed by atoms with Crippen LogP contribution in [0.1, 0.15) is 23.7 Å². The van der Waals surface area contributed by atoms with Gasteiger partial charge in [0.25, 0.3) is 0 Å². The van der Waals surface area contributed by atoms with Crippen LogP contribution in [-0.2, 0) is 11.8 Å². The number of hydrogen-bond donors (Lipinski definition) is 2. The van der Waals surface area contributed by atoms with Crippen LogP contribution in [0.4, 0.5) is 10.2 Å². The summed E-state index contributed by atoms with van der Waals surface area (Å²) < 4.78 is 15.1. The zero-order valence-electron chi connectivity index (χ0n) is 13.7. The third kappa shape index (κ3) is 3.63. The molecule has 0 spiro atoms. The van der Waals surface area contributed by atoms with Crippen molar-refractivity contribution in [1.29, 1.82) is 0 Å². The summed E-state index contributed by atoms with van der Waals surface area (Å²) >= 11 is 0. The summed E-state index contributed by atoms with van der Waals surface area (Å²) in [5, 5.41) is 17.0. The van der Waals surface area contributed by atoms with Gasteiger partial charge in [-0.15, -0.1) is 0 Å². The average Bonchev–Trinajstić information content (AvgIpc) is 3.01. The van der Waals surface area contributed by atoms with Crippen molar-refractivity contribution in [1.82, 2.24) is 14.7 Å². The first-order valence-corrected chi connectivity index (χ1v) is 7.90. The van der Waals surface area contributed by atoms with Crippen molar-refractivity contribution >= 4 is 11.7 Å². The molecule has 6 nitrogen and oxygen atoms in total. The summed E-state index contributed by atoms with van der Waals surface area (Å²) in [6, 6.07) is 7.93. The van der Waals surface area contributed by atoms with Gasteiger partial charge in [-0.05, 0) is 31.0 Å². The van der Waals surface area contributed by atoms with E-state index in [4.69, 9.17) is 0 Å². The summed E-state index contributed by atoms with van der Waals surface area (Å²) in [4.78, 5) is 14.2. The lowest BCUT2D eigenvalue weighted by Gasteiger charge is -2.23. The second-order valence-electron chi connectivity index (χ2n) is 6.23. The molecule has 1 amide bonds. The van der Waals surface area contributed by atoms with Gasteiger partial charge in [-0.3, -0.25) is 14.4 Å². The first-order chi connectivity index (χ1) is 11.4. The Labute approximate surface area is 139 Å². The number of carbonyl (C=O) groups is 1. The lowest BCUT2D eigenvalue weighted by atomic mass is 10.0. The molecule has 0 bridgehead atoms. The molecule has 1 saturated heterocycles. The molecule has 0 aliphatic carbocycles. The third-order valence-electron chi connectivity index (χ3n) is 4.23. The number of benzene rings is 1. The van der Waals surface area contributed by atoms with Gasteiger partial charge < -0.3 is 10.4 Å². The van der Waals surface area contributed by atoms with Crippen molar-refractivity contribution in [2.45, 2.75) is 25.5 Å². The van der Waals surface area contributed by atoms with Crippen molar-refractivity contribution in [2.75, 3.05) is 18.4 Å². The Morgan fingerprint density at radius 2 is 2.25 bits per heavy atom. The van der Waals surface area contributed by atoms with E-state index < -0.39 is 6.10 Å². The number of anilines is 1. The Balaban J connectivity index is 1.70. The van der Waals surface area contributed by atoms with Crippen molar-refractivity contribution in [3.8, 4) is 0 Å². The molecule has 7 heteroatoms. The van der Waals surface area contributed by atoms with Crippen molar-refractivity contribution in [3.63, 3.8) is 0 Å². The van der Waals surface area contributed by atoms with Crippen molar-refractivity contribution in [2.24, 2.45) is 7.05 Å². The molecule has 2 heterocycles. The van der Waals surface area contributed by atoms with E-state index in [-0.39, 0.29) is 24.3 Å². The van der Waals surface area contributed by atoms with Gasteiger partial charge in [0.15, 0.2) is 0 Å². The molecule has 1 aliphatic heterocycles. The largest absolute Gasteiger partial charge is 0.392 e. The Kier molecular flexibility index (Phi) is 4.64. The number of aliphatic hydroxyl groups excluding tert-OH is 1. The Morgan fingerprint density at radius 1 is 1.46 bits per heavy atom. The van der Waals surface area contributed by atoms with Gasteiger partial charge in [-0.1, -0.05) is 12.1 Å². The van der Waals surface area contributed by atoms with Gasteiger partial charge >= 0.3 is 0 Å². The van der Waals surface area contributed by atoms with Crippen LogP contribution in [0, 0.1) is 12.7 Å². The molecule has 1 aromatic carbocycles. The van der Waals surface area contributed by atoms with Crippen LogP contribution in [0.5, 0.6) is 0 Å². The standard InChI is InChI=1S/C17H21FN4O2/c1-11-6-16(21(2)20-11)19-17(24)10-22-9-14(23)8-15(22)12-4-3-5-13(18)7-12/h3-7,14-15,23H,8-10H2,1-2H3,(H,19,24). The van der Waals surface area contributed by atoms with Gasteiger partial charge in [0.05, 0.1) is 18.3 Å². The van der Waals surface area contributed by atoms with E-state index in [9.17, 15) is 14.3 Å². The number of carbonyl (C=O) groups excluding carboxylic acids is 1. The first kappa shape index (κ1) is 16.6. The van der Waals surface area contributed by atoms with Crippen LogP contribution >= 0.6 is 0 Å². The van der Waals surface area contributed by atoms with E-state index in [0.717, 1.165) is 11.3 Å². The van der Waals surface area contributed by atoms with Gasteiger partial charge in [0.1, 0.15) is 11.6 Å². The minimum absolute atomic E-state index is 0.127. The van der Waals surface area contributed by atoms with E-state index in [1.807, 2.05) is 17.9 Å². The predicted octanol–water partition coefficient (Wildman–Crippen LogP) is 1.61. The van der Waals surface area contributed by atoms with E-state index in [0.29, 0.717) is 18.8 Å². The summed E-state index contributed by atoms with van der Waals surface area (Å²) in [5.41, 5.74) is 1.60. The van der Waals surface area contributed by atoms with Crippen LogP contribution < -0.4 is 5.32 Å². The average molecular weight is 332 g/mol. The fourth-order valence-corrected chi connectivity index (χ4v) is 3.21. The second-order valence-corrected chi connectivity index (χ2v) is 6.23. The van der Waals surface area contributed by atoms with E-state index in [1.54, 1.807) is 23.9 Å². The lowest BCUT2D eigenvalue weighted by molar-refractivity contribution is -0.117. The zero-order chi connectivity index (χ0) is 17.3. The molecule has 128 valence electrons. The SMILES string of the molecule is Cc1cc(NC(=O)CN2CC(O)CC2c2cccc(F)c2)n(C)n1. The van der Waals surface area contributed by atoms with Crippen molar-refractivity contribution < 1.29 is 14.3 Å². The molecule has 1 fully saturated rings. The van der Waals surface area contributed by atoms with E-state index >= 15 is 0 Å². The van der Waals surface area contributed by atoms with Gasteiger partial charge in [0, 0.05) is 25.7 Å². The summed E-state index contributed by atoms with van der Waals surface area (Å²) in [7, 11) is 1.76. The number of β-amino-alcohol motifs (C(OH)–C–C–N with tert-alkyl or cyclic N) is 1. The monoisotopic (exact) mass is 332 g/mol. The number of aryl methyl sites for hydroxylation is 2. The Hall–Kier alpha value is -2.25. The normalized spacial score (nSPS) is 21.2. The van der Waals surface area contributed by atoms with Gasteiger partial charge in [0.2, 0.25) is 5.91 Å².